The van der Waals surface area contributed by atoms with Crippen molar-refractivity contribution in [2.24, 2.45) is 20.0 Å². The number of aromatic hydroxyl groups is 8. The number of hydrogen-bond acceptors (Lipinski definition) is 12. The summed E-state index contributed by atoms with van der Waals surface area (Å²) in [5.74, 6) is -3.17. The smallest absolute Gasteiger partial charge is 0.165 e. The lowest BCUT2D eigenvalue weighted by atomic mass is 9.97. The lowest BCUT2D eigenvalue weighted by Gasteiger charge is -2.14. The molecule has 12 nitrogen and oxygen atoms in total. The van der Waals surface area contributed by atoms with E-state index < -0.39 is 23.0 Å². The van der Waals surface area contributed by atoms with Crippen LogP contribution < -0.4 is 0 Å². The normalized spacial score (nSPS) is 17.0. The molecule has 4 aromatic rings. The number of aliphatic imine (C=N–C) groups is 4. The Labute approximate surface area is 317 Å². The first kappa shape index (κ1) is 33.7. The second kappa shape index (κ2) is 12.8. The minimum Gasteiger partial charge on any atom is -0.504 e. The molecule has 5 aliphatic heterocycles. The molecule has 56 heavy (non-hydrogen) atoms. The van der Waals surface area contributed by atoms with Crippen molar-refractivity contribution in [2.75, 3.05) is 0 Å². The zero-order valence-electron chi connectivity index (χ0n) is 28.9. The van der Waals surface area contributed by atoms with Gasteiger partial charge in [0, 0.05) is 44.5 Å². The van der Waals surface area contributed by atoms with Gasteiger partial charge >= 0.3 is 0 Å². The highest BCUT2D eigenvalue weighted by atomic mass is 16.3. The van der Waals surface area contributed by atoms with Crippen LogP contribution in [0.3, 0.4) is 0 Å². The molecule has 0 aromatic heterocycles. The Morgan fingerprint density at radius 3 is 0.696 bits per heavy atom. The third-order valence-electron chi connectivity index (χ3n) is 9.75. The Bertz CT molecular complexity index is 2490. The van der Waals surface area contributed by atoms with E-state index in [1.54, 1.807) is 97.1 Å². The van der Waals surface area contributed by atoms with Gasteiger partial charge in [0.15, 0.2) is 46.0 Å². The van der Waals surface area contributed by atoms with Gasteiger partial charge in [0.1, 0.15) is 0 Å². The van der Waals surface area contributed by atoms with Crippen molar-refractivity contribution >= 4 is 45.1 Å². The van der Waals surface area contributed by atoms with Gasteiger partial charge in [-0.2, -0.15) is 0 Å². The molecular weight excluding hydrogens is 713 g/mol. The van der Waals surface area contributed by atoms with E-state index in [1.807, 2.05) is 0 Å². The molecule has 5 heterocycles. The highest BCUT2D eigenvalue weighted by Crippen LogP contribution is 2.45. The average Bonchev–Trinajstić information content (AvgIpc) is 4.03. The molecule has 4 aromatic carbocycles. The van der Waals surface area contributed by atoms with E-state index in [2.05, 4.69) is 0 Å². The zero-order valence-corrected chi connectivity index (χ0v) is 28.9. The molecule has 0 unspecified atom stereocenters. The summed E-state index contributed by atoms with van der Waals surface area (Å²) >= 11 is 0. The highest BCUT2D eigenvalue weighted by molar-refractivity contribution is 6.40. The van der Waals surface area contributed by atoms with Crippen molar-refractivity contribution in [3.8, 4) is 46.0 Å². The summed E-state index contributed by atoms with van der Waals surface area (Å²) in [4.78, 5) is 19.9. The van der Waals surface area contributed by atoms with Crippen LogP contribution in [0.4, 0.5) is 0 Å². The number of fused-ring (bicyclic) bond motifs is 4. The van der Waals surface area contributed by atoms with E-state index in [4.69, 9.17) is 20.0 Å². The number of allylic oxidation sites excluding steroid dienone is 12. The molecule has 12 heteroatoms. The summed E-state index contributed by atoms with van der Waals surface area (Å²) in [5, 5.41) is 87.1. The van der Waals surface area contributed by atoms with E-state index in [9.17, 15) is 40.9 Å². The highest BCUT2D eigenvalue weighted by Gasteiger charge is 2.31. The molecule has 8 bridgehead atoms. The van der Waals surface area contributed by atoms with Crippen molar-refractivity contribution in [1.82, 2.24) is 0 Å². The maximum atomic E-state index is 11.2. The van der Waals surface area contributed by atoms with E-state index in [0.717, 1.165) is 0 Å². The van der Waals surface area contributed by atoms with Gasteiger partial charge in [-0.15, -0.1) is 0 Å². The summed E-state index contributed by atoms with van der Waals surface area (Å²) in [6.07, 6.45) is 13.5. The van der Waals surface area contributed by atoms with Crippen molar-refractivity contribution in [2.45, 2.75) is 0 Å². The zero-order chi connectivity index (χ0) is 38.8. The first-order valence-electron chi connectivity index (χ1n) is 17.2. The van der Waals surface area contributed by atoms with Crippen LogP contribution in [0.25, 0.3) is 22.3 Å². The van der Waals surface area contributed by atoms with Crippen LogP contribution >= 0.6 is 0 Å². The van der Waals surface area contributed by atoms with Gasteiger partial charge in [-0.1, -0.05) is 48.5 Å². The molecule has 272 valence electrons. The molecule has 0 aliphatic carbocycles. The molecule has 0 amide bonds. The first-order valence-corrected chi connectivity index (χ1v) is 17.2. The Morgan fingerprint density at radius 2 is 0.482 bits per heavy atom. The monoisotopic (exact) mass is 740 g/mol. The average molecular weight is 741 g/mol. The fourth-order valence-electron chi connectivity index (χ4n) is 7.12. The SMILES string of the molecule is Oc1cccc(C2=C3C=CC(=N3)C(c3cccc(O)c3O)=C3C=CC(=N3)C(c3cccc(O)c3O)=C3C=CC(=N3)C(c3cccc(O)c3O)=C3C=CC2=N3)c1O. The van der Waals surface area contributed by atoms with Gasteiger partial charge in [0.25, 0.3) is 0 Å². The predicted molar refractivity (Wildman–Crippen MR) is 213 cm³/mol. The lowest BCUT2D eigenvalue weighted by molar-refractivity contribution is 0.403. The molecule has 5 aliphatic rings. The van der Waals surface area contributed by atoms with E-state index in [1.165, 1.54) is 24.3 Å². The minimum absolute atomic E-state index is 0.205. The Balaban J connectivity index is 1.42. The standard InChI is InChI=1S/C44H28N4O8/c49-33-9-1-5-21(41(33)53)37-25-13-15-27(45-25)38(22-6-2-10-34(50)42(22)54)29-17-19-31(47-29)40(24-8-4-12-36(52)44(24)56)32-20-18-30(48-32)39(28-16-14-26(37)46-28)23-7-3-11-35(51)43(23)55/h1-20,49-56H. The lowest BCUT2D eigenvalue weighted by Crippen LogP contribution is -2.04. The fourth-order valence-corrected chi connectivity index (χ4v) is 7.12. The van der Waals surface area contributed by atoms with Gasteiger partial charge in [-0.25, -0.2) is 20.0 Å². The number of hydrogen-bond donors (Lipinski definition) is 8. The molecule has 0 atom stereocenters. The van der Waals surface area contributed by atoms with E-state index in [-0.39, 0.29) is 45.3 Å². The number of phenolic OH excluding ortho intramolecular Hbond substituents is 8. The third kappa shape index (κ3) is 5.31. The molecule has 8 N–H and O–H groups in total. The number of phenols is 8. The van der Waals surface area contributed by atoms with Crippen LogP contribution in [0.15, 0.2) is 164 Å². The topological polar surface area (TPSA) is 211 Å². The summed E-state index contributed by atoms with van der Waals surface area (Å²) in [6.45, 7) is 0. The fraction of sp³-hybridized carbons (Fsp3) is 0. The maximum Gasteiger partial charge on any atom is 0.165 e. The Hall–Kier alpha value is -8.12. The number of nitrogens with zero attached hydrogens (tertiary/aromatic N) is 4. The largest absolute Gasteiger partial charge is 0.504 e. The predicted octanol–water partition coefficient (Wildman–Crippen LogP) is 7.33. The second-order valence-corrected chi connectivity index (χ2v) is 13.1. The number of benzene rings is 4. The first-order chi connectivity index (χ1) is 27.1. The minimum atomic E-state index is -0.418. The van der Waals surface area contributed by atoms with Crippen LogP contribution in [0, 0.1) is 0 Å². The van der Waals surface area contributed by atoms with Crippen LogP contribution in [-0.2, 0) is 0 Å². The summed E-state index contributed by atoms with van der Waals surface area (Å²) in [5.41, 5.74) is 4.62. The molecular formula is C44H28N4O8. The van der Waals surface area contributed by atoms with Crippen molar-refractivity contribution in [1.29, 1.82) is 0 Å². The van der Waals surface area contributed by atoms with Crippen molar-refractivity contribution < 1.29 is 40.9 Å². The molecule has 9 rings (SSSR count). The molecule has 0 spiro atoms. The van der Waals surface area contributed by atoms with Crippen molar-refractivity contribution in [3.05, 3.63) is 166 Å². The molecule has 0 radical (unpaired) electrons. The Morgan fingerprint density at radius 1 is 0.268 bits per heavy atom. The second-order valence-electron chi connectivity index (χ2n) is 13.1. The van der Waals surface area contributed by atoms with Crippen LogP contribution in [-0.4, -0.2) is 63.7 Å². The van der Waals surface area contributed by atoms with Crippen LogP contribution in [0.2, 0.25) is 0 Å². The summed E-state index contributed by atoms with van der Waals surface area (Å²) < 4.78 is 0. The van der Waals surface area contributed by atoms with E-state index >= 15 is 0 Å². The van der Waals surface area contributed by atoms with Crippen molar-refractivity contribution in [3.63, 3.8) is 0 Å². The van der Waals surface area contributed by atoms with Crippen LogP contribution in [0.5, 0.6) is 46.0 Å². The van der Waals surface area contributed by atoms with Gasteiger partial charge < -0.3 is 40.9 Å². The van der Waals surface area contributed by atoms with Gasteiger partial charge in [-0.3, -0.25) is 0 Å². The molecule has 0 fully saturated rings. The number of para-hydroxylation sites is 4. The summed E-state index contributed by atoms with van der Waals surface area (Å²) in [6, 6.07) is 18.1. The summed E-state index contributed by atoms with van der Waals surface area (Å²) in [7, 11) is 0. The maximum absolute atomic E-state index is 11.2. The quantitative estimate of drug-likeness (QED) is 0.0990. The molecule has 0 saturated heterocycles. The van der Waals surface area contributed by atoms with Gasteiger partial charge in [0.05, 0.1) is 45.6 Å². The molecule has 0 saturated carbocycles. The van der Waals surface area contributed by atoms with Gasteiger partial charge in [0.2, 0.25) is 0 Å². The van der Waals surface area contributed by atoms with E-state index in [0.29, 0.717) is 67.9 Å². The number of rotatable bonds is 4. The van der Waals surface area contributed by atoms with Gasteiger partial charge in [-0.05, 0) is 72.9 Å². The van der Waals surface area contributed by atoms with Crippen LogP contribution in [0.1, 0.15) is 22.3 Å². The Kier molecular flexibility index (Phi) is 7.69. The third-order valence-corrected chi connectivity index (χ3v) is 9.75.